The minimum absolute atomic E-state index is 0.207. The molecule has 1 heterocycles. The maximum absolute atomic E-state index is 11.6. The highest BCUT2D eigenvalue weighted by Crippen LogP contribution is 2.17. The number of pyridine rings is 1. The van der Waals surface area contributed by atoms with Crippen molar-refractivity contribution in [1.29, 1.82) is 0 Å². The van der Waals surface area contributed by atoms with Gasteiger partial charge in [0.1, 0.15) is 0 Å². The summed E-state index contributed by atoms with van der Waals surface area (Å²) in [6.07, 6.45) is 0. The molecule has 0 saturated heterocycles. The Morgan fingerprint density at radius 3 is 2.38 bits per heavy atom. The van der Waals surface area contributed by atoms with E-state index in [-0.39, 0.29) is 16.9 Å². The molecule has 1 aromatic carbocycles. The number of rotatable bonds is 1. The Balaban J connectivity index is 2.85. The van der Waals surface area contributed by atoms with Crippen LogP contribution < -0.4 is 5.56 Å². The van der Waals surface area contributed by atoms with Crippen molar-refractivity contribution < 1.29 is 4.79 Å². The number of aromatic amines is 1. The van der Waals surface area contributed by atoms with E-state index in [1.165, 1.54) is 6.92 Å². The average molecular weight is 215 g/mol. The molecule has 3 nitrogen and oxygen atoms in total. The molecule has 0 amide bonds. The first-order valence-electron chi connectivity index (χ1n) is 5.14. The first-order valence-corrected chi connectivity index (χ1v) is 5.14. The molecule has 2 rings (SSSR count). The Bertz CT molecular complexity index is 638. The maximum atomic E-state index is 11.6. The number of fused-ring (bicyclic) bond motifs is 1. The fourth-order valence-corrected chi connectivity index (χ4v) is 1.74. The van der Waals surface area contributed by atoms with Gasteiger partial charge in [0, 0.05) is 5.52 Å². The fraction of sp³-hybridized carbons (Fsp3) is 0.231. The number of hydrogen-bond acceptors (Lipinski definition) is 2. The van der Waals surface area contributed by atoms with Crippen LogP contribution in [0.15, 0.2) is 23.0 Å². The molecule has 3 heteroatoms. The molecule has 0 bridgehead atoms. The zero-order chi connectivity index (χ0) is 11.9. The Labute approximate surface area is 93.1 Å². The summed E-state index contributed by atoms with van der Waals surface area (Å²) in [6, 6.07) is 5.56. The lowest BCUT2D eigenvalue weighted by atomic mass is 10.0. The van der Waals surface area contributed by atoms with Crippen molar-refractivity contribution in [2.75, 3.05) is 0 Å². The number of carbonyl (C=O) groups excluding carboxylic acids is 1. The van der Waals surface area contributed by atoms with Crippen molar-refractivity contribution in [3.8, 4) is 0 Å². The second-order valence-electron chi connectivity index (χ2n) is 4.09. The van der Waals surface area contributed by atoms with Crippen LogP contribution in [0.25, 0.3) is 10.9 Å². The van der Waals surface area contributed by atoms with Gasteiger partial charge in [0.2, 0.25) is 0 Å². The van der Waals surface area contributed by atoms with Gasteiger partial charge in [-0.15, -0.1) is 0 Å². The maximum Gasteiger partial charge on any atom is 0.259 e. The van der Waals surface area contributed by atoms with Crippen LogP contribution in [0.4, 0.5) is 0 Å². The van der Waals surface area contributed by atoms with Crippen LogP contribution in [0, 0.1) is 13.8 Å². The average Bonchev–Trinajstić information content (AvgIpc) is 2.19. The van der Waals surface area contributed by atoms with Gasteiger partial charge in [-0.25, -0.2) is 0 Å². The molecule has 1 N–H and O–H groups in total. The van der Waals surface area contributed by atoms with Crippen LogP contribution in [-0.4, -0.2) is 10.8 Å². The second-order valence-corrected chi connectivity index (χ2v) is 4.09. The third-order valence-electron chi connectivity index (χ3n) is 2.84. The molecule has 0 spiro atoms. The van der Waals surface area contributed by atoms with E-state index < -0.39 is 0 Å². The summed E-state index contributed by atoms with van der Waals surface area (Å²) < 4.78 is 0. The van der Waals surface area contributed by atoms with Crippen molar-refractivity contribution in [3.05, 3.63) is 45.2 Å². The highest BCUT2D eigenvalue weighted by Gasteiger charge is 2.07. The number of Topliss-reactive ketones (excluding diaryl/α,β-unsaturated/α-hetero) is 1. The number of aryl methyl sites for hydroxylation is 2. The molecular weight excluding hydrogens is 202 g/mol. The lowest BCUT2D eigenvalue weighted by Crippen LogP contribution is -2.15. The number of aromatic nitrogens is 1. The Morgan fingerprint density at radius 2 is 1.75 bits per heavy atom. The van der Waals surface area contributed by atoms with E-state index in [1.54, 1.807) is 6.07 Å². The summed E-state index contributed by atoms with van der Waals surface area (Å²) in [5, 5.41) is 0.896. The second kappa shape index (κ2) is 3.59. The molecule has 0 fully saturated rings. The largest absolute Gasteiger partial charge is 0.321 e. The molecule has 0 radical (unpaired) electrons. The number of benzene rings is 1. The van der Waals surface area contributed by atoms with Gasteiger partial charge in [-0.3, -0.25) is 9.59 Å². The zero-order valence-electron chi connectivity index (χ0n) is 9.55. The monoisotopic (exact) mass is 215 g/mol. The van der Waals surface area contributed by atoms with Gasteiger partial charge in [-0.1, -0.05) is 0 Å². The van der Waals surface area contributed by atoms with Gasteiger partial charge in [0.05, 0.1) is 5.56 Å². The lowest BCUT2D eigenvalue weighted by Gasteiger charge is -2.04. The molecule has 0 atom stereocenters. The number of carbonyl (C=O) groups is 1. The summed E-state index contributed by atoms with van der Waals surface area (Å²) in [5.41, 5.74) is 2.95. The Hall–Kier alpha value is -1.90. The molecule has 2 aromatic rings. The minimum atomic E-state index is -0.316. The zero-order valence-corrected chi connectivity index (χ0v) is 9.55. The van der Waals surface area contributed by atoms with E-state index in [0.29, 0.717) is 0 Å². The van der Waals surface area contributed by atoms with E-state index in [2.05, 4.69) is 4.98 Å². The molecule has 0 saturated carbocycles. The number of ketones is 1. The highest BCUT2D eigenvalue weighted by atomic mass is 16.1. The minimum Gasteiger partial charge on any atom is -0.321 e. The van der Waals surface area contributed by atoms with E-state index in [9.17, 15) is 9.59 Å². The molecular formula is C13H13NO2. The molecule has 1 aromatic heterocycles. The van der Waals surface area contributed by atoms with Crippen LogP contribution in [0.5, 0.6) is 0 Å². The normalized spacial score (nSPS) is 10.7. The molecule has 0 unspecified atom stereocenters. The Kier molecular flexibility index (Phi) is 2.38. The van der Waals surface area contributed by atoms with Gasteiger partial charge in [-0.2, -0.15) is 0 Å². The first-order chi connectivity index (χ1) is 7.49. The van der Waals surface area contributed by atoms with E-state index in [1.807, 2.05) is 26.0 Å². The standard InChI is InChI=1S/C13H13NO2/c1-7-4-10-6-11(9(3)15)13(16)14-12(10)5-8(7)2/h4-6H,1-3H3,(H,14,16). The van der Waals surface area contributed by atoms with Crippen molar-refractivity contribution in [1.82, 2.24) is 4.98 Å². The SMILES string of the molecule is CC(=O)c1cc2cc(C)c(C)cc2[nH]c1=O. The quantitative estimate of drug-likeness (QED) is 0.742. The van der Waals surface area contributed by atoms with Gasteiger partial charge >= 0.3 is 0 Å². The van der Waals surface area contributed by atoms with E-state index in [4.69, 9.17) is 0 Å². The first kappa shape index (κ1) is 10.6. The Morgan fingerprint density at radius 1 is 1.12 bits per heavy atom. The third-order valence-corrected chi connectivity index (χ3v) is 2.84. The van der Waals surface area contributed by atoms with Crippen molar-refractivity contribution >= 4 is 16.7 Å². The lowest BCUT2D eigenvalue weighted by molar-refractivity contribution is 0.101. The van der Waals surface area contributed by atoms with E-state index >= 15 is 0 Å². The van der Waals surface area contributed by atoms with Crippen LogP contribution >= 0.6 is 0 Å². The fourth-order valence-electron chi connectivity index (χ4n) is 1.74. The van der Waals surface area contributed by atoms with Crippen molar-refractivity contribution in [2.45, 2.75) is 20.8 Å². The van der Waals surface area contributed by atoms with Gasteiger partial charge in [0.25, 0.3) is 5.56 Å². The summed E-state index contributed by atoms with van der Waals surface area (Å²) in [7, 11) is 0. The van der Waals surface area contributed by atoms with Crippen molar-refractivity contribution in [3.63, 3.8) is 0 Å². The van der Waals surface area contributed by atoms with Crippen LogP contribution in [0.1, 0.15) is 28.4 Å². The topological polar surface area (TPSA) is 49.9 Å². The summed E-state index contributed by atoms with van der Waals surface area (Å²) in [6.45, 7) is 5.40. The number of H-pyrrole nitrogens is 1. The van der Waals surface area contributed by atoms with Gasteiger partial charge in [-0.05, 0) is 55.5 Å². The summed E-state index contributed by atoms with van der Waals surface area (Å²) >= 11 is 0. The van der Waals surface area contributed by atoms with Crippen LogP contribution in [0.2, 0.25) is 0 Å². The molecule has 82 valence electrons. The smallest absolute Gasteiger partial charge is 0.259 e. The van der Waals surface area contributed by atoms with E-state index in [0.717, 1.165) is 22.0 Å². The molecule has 0 aliphatic heterocycles. The number of hydrogen-bond donors (Lipinski definition) is 1. The third kappa shape index (κ3) is 1.65. The molecule has 16 heavy (non-hydrogen) atoms. The van der Waals surface area contributed by atoms with Crippen LogP contribution in [0.3, 0.4) is 0 Å². The highest BCUT2D eigenvalue weighted by molar-refractivity contribution is 5.97. The summed E-state index contributed by atoms with van der Waals surface area (Å²) in [5.74, 6) is -0.207. The van der Waals surface area contributed by atoms with Gasteiger partial charge < -0.3 is 4.98 Å². The molecule has 0 aliphatic carbocycles. The van der Waals surface area contributed by atoms with Crippen LogP contribution in [-0.2, 0) is 0 Å². The summed E-state index contributed by atoms with van der Waals surface area (Å²) in [4.78, 5) is 25.6. The number of nitrogens with one attached hydrogen (secondary N) is 1. The molecule has 0 aliphatic rings. The predicted molar refractivity (Wildman–Crippen MR) is 64.0 cm³/mol. The predicted octanol–water partition coefficient (Wildman–Crippen LogP) is 2.35. The van der Waals surface area contributed by atoms with Crippen molar-refractivity contribution in [2.24, 2.45) is 0 Å². The van der Waals surface area contributed by atoms with Gasteiger partial charge in [0.15, 0.2) is 5.78 Å².